The number of hydrogen-bond acceptors (Lipinski definition) is 6. The Morgan fingerprint density at radius 3 is 2.80 bits per heavy atom. The van der Waals surface area contributed by atoms with E-state index in [-0.39, 0.29) is 5.60 Å². The van der Waals surface area contributed by atoms with E-state index in [4.69, 9.17) is 9.47 Å². The van der Waals surface area contributed by atoms with Crippen LogP contribution in [0.1, 0.15) is 45.4 Å². The van der Waals surface area contributed by atoms with Gasteiger partial charge in [-0.2, -0.15) is 4.37 Å². The minimum absolute atomic E-state index is 0.265. The molecule has 0 unspecified atom stereocenters. The SMILES string of the molecule is CCOC1(c2nsc(NCCOC)n2)CCC(C)CC1. The van der Waals surface area contributed by atoms with Crippen LogP contribution in [0.3, 0.4) is 0 Å². The van der Waals surface area contributed by atoms with Crippen LogP contribution in [0.2, 0.25) is 0 Å². The number of hydrogen-bond donors (Lipinski definition) is 1. The van der Waals surface area contributed by atoms with Crippen molar-refractivity contribution < 1.29 is 9.47 Å². The summed E-state index contributed by atoms with van der Waals surface area (Å²) in [5.41, 5.74) is -0.265. The number of rotatable bonds is 7. The largest absolute Gasteiger partial charge is 0.383 e. The number of anilines is 1. The van der Waals surface area contributed by atoms with Gasteiger partial charge in [0.05, 0.1) is 6.61 Å². The molecule has 20 heavy (non-hydrogen) atoms. The van der Waals surface area contributed by atoms with Crippen molar-refractivity contribution in [1.82, 2.24) is 9.36 Å². The molecule has 1 saturated carbocycles. The lowest BCUT2D eigenvalue weighted by Crippen LogP contribution is -2.35. The smallest absolute Gasteiger partial charge is 0.202 e. The molecule has 1 aromatic heterocycles. The summed E-state index contributed by atoms with van der Waals surface area (Å²) in [6, 6.07) is 0. The van der Waals surface area contributed by atoms with E-state index in [1.807, 2.05) is 6.92 Å². The Bertz CT molecular complexity index is 403. The zero-order chi connectivity index (χ0) is 14.4. The Morgan fingerprint density at radius 1 is 1.40 bits per heavy atom. The van der Waals surface area contributed by atoms with E-state index in [9.17, 15) is 0 Å². The lowest BCUT2D eigenvalue weighted by Gasteiger charge is -2.36. The second-order valence-corrected chi connectivity index (χ2v) is 6.20. The third kappa shape index (κ3) is 3.68. The lowest BCUT2D eigenvalue weighted by molar-refractivity contribution is -0.0829. The van der Waals surface area contributed by atoms with Gasteiger partial charge < -0.3 is 14.8 Å². The zero-order valence-corrected chi connectivity index (χ0v) is 13.5. The quantitative estimate of drug-likeness (QED) is 0.784. The maximum absolute atomic E-state index is 6.07. The Balaban J connectivity index is 2.05. The number of methoxy groups -OCH3 is 1. The van der Waals surface area contributed by atoms with Crippen molar-refractivity contribution in [1.29, 1.82) is 0 Å². The summed E-state index contributed by atoms with van der Waals surface area (Å²) in [4.78, 5) is 4.64. The van der Waals surface area contributed by atoms with Crippen LogP contribution < -0.4 is 5.32 Å². The van der Waals surface area contributed by atoms with Gasteiger partial charge in [-0.25, -0.2) is 4.98 Å². The van der Waals surface area contributed by atoms with Gasteiger partial charge in [-0.1, -0.05) is 6.92 Å². The number of aromatic nitrogens is 2. The standard InChI is InChI=1S/C14H25N3O2S/c1-4-19-14(7-5-11(2)6-8-14)12-16-13(20-17-12)15-9-10-18-3/h11H,4-10H2,1-3H3,(H,15,16,17). The Kier molecular flexibility index (Phi) is 5.74. The van der Waals surface area contributed by atoms with Crippen molar-refractivity contribution in [3.05, 3.63) is 5.82 Å². The third-order valence-electron chi connectivity index (χ3n) is 3.92. The van der Waals surface area contributed by atoms with E-state index >= 15 is 0 Å². The molecule has 0 aromatic carbocycles. The van der Waals surface area contributed by atoms with Crippen LogP contribution in [0.15, 0.2) is 0 Å². The van der Waals surface area contributed by atoms with Crippen LogP contribution in [-0.2, 0) is 15.1 Å². The zero-order valence-electron chi connectivity index (χ0n) is 12.6. The molecular formula is C14H25N3O2S. The van der Waals surface area contributed by atoms with Crippen LogP contribution >= 0.6 is 11.5 Å². The van der Waals surface area contributed by atoms with Gasteiger partial charge in [0.25, 0.3) is 0 Å². The molecule has 2 rings (SSSR count). The molecule has 0 spiro atoms. The monoisotopic (exact) mass is 299 g/mol. The fourth-order valence-corrected chi connectivity index (χ4v) is 3.35. The molecule has 0 bridgehead atoms. The first-order valence-electron chi connectivity index (χ1n) is 7.41. The summed E-state index contributed by atoms with van der Waals surface area (Å²) in [6.45, 7) is 6.48. The second-order valence-electron chi connectivity index (χ2n) is 5.45. The summed E-state index contributed by atoms with van der Waals surface area (Å²) in [6.07, 6.45) is 4.42. The predicted octanol–water partition coefficient (Wildman–Crippen LogP) is 3.04. The van der Waals surface area contributed by atoms with E-state index < -0.39 is 0 Å². The fourth-order valence-electron chi connectivity index (χ4n) is 2.68. The van der Waals surface area contributed by atoms with Crippen molar-refractivity contribution in [2.75, 3.05) is 32.2 Å². The summed E-state index contributed by atoms with van der Waals surface area (Å²) in [5, 5.41) is 4.09. The molecular weight excluding hydrogens is 274 g/mol. The highest BCUT2D eigenvalue weighted by Crippen LogP contribution is 2.41. The Labute approximate surface area is 125 Å². The average molecular weight is 299 g/mol. The van der Waals surface area contributed by atoms with Crippen molar-refractivity contribution in [2.45, 2.75) is 45.1 Å². The molecule has 1 aliphatic carbocycles. The highest BCUT2D eigenvalue weighted by Gasteiger charge is 2.40. The molecule has 0 amide bonds. The predicted molar refractivity (Wildman–Crippen MR) is 81.2 cm³/mol. The summed E-state index contributed by atoms with van der Waals surface area (Å²) < 4.78 is 15.6. The lowest BCUT2D eigenvalue weighted by atomic mass is 9.79. The van der Waals surface area contributed by atoms with E-state index in [2.05, 4.69) is 21.6 Å². The van der Waals surface area contributed by atoms with Gasteiger partial charge in [0.15, 0.2) is 5.82 Å². The van der Waals surface area contributed by atoms with E-state index in [1.165, 1.54) is 24.4 Å². The fraction of sp³-hybridized carbons (Fsp3) is 0.857. The minimum Gasteiger partial charge on any atom is -0.383 e. The van der Waals surface area contributed by atoms with Gasteiger partial charge in [-0.15, -0.1) is 0 Å². The van der Waals surface area contributed by atoms with Gasteiger partial charge in [-0.3, -0.25) is 0 Å². The topological polar surface area (TPSA) is 56.3 Å². The van der Waals surface area contributed by atoms with Gasteiger partial charge in [0.1, 0.15) is 5.60 Å². The molecule has 1 aromatic rings. The Morgan fingerprint density at radius 2 is 2.15 bits per heavy atom. The van der Waals surface area contributed by atoms with Crippen molar-refractivity contribution in [3.63, 3.8) is 0 Å². The molecule has 1 aliphatic rings. The van der Waals surface area contributed by atoms with Crippen molar-refractivity contribution in [2.24, 2.45) is 5.92 Å². The number of nitrogens with zero attached hydrogens (tertiary/aromatic N) is 2. The van der Waals surface area contributed by atoms with Crippen molar-refractivity contribution >= 4 is 16.7 Å². The molecule has 0 radical (unpaired) electrons. The van der Waals surface area contributed by atoms with Crippen LogP contribution in [-0.4, -0.2) is 36.2 Å². The Hall–Kier alpha value is -0.720. The van der Waals surface area contributed by atoms with E-state index in [0.29, 0.717) is 13.2 Å². The number of ether oxygens (including phenoxy) is 2. The van der Waals surface area contributed by atoms with Crippen LogP contribution in [0.25, 0.3) is 0 Å². The maximum atomic E-state index is 6.07. The minimum atomic E-state index is -0.265. The molecule has 1 N–H and O–H groups in total. The van der Waals surface area contributed by atoms with Gasteiger partial charge in [0, 0.05) is 31.8 Å². The summed E-state index contributed by atoms with van der Waals surface area (Å²) in [5.74, 6) is 1.64. The molecule has 0 atom stereocenters. The van der Waals surface area contributed by atoms with Crippen molar-refractivity contribution in [3.8, 4) is 0 Å². The van der Waals surface area contributed by atoms with Gasteiger partial charge in [-0.05, 0) is 38.5 Å². The molecule has 0 aliphatic heterocycles. The van der Waals surface area contributed by atoms with Gasteiger partial charge in [0.2, 0.25) is 5.13 Å². The summed E-state index contributed by atoms with van der Waals surface area (Å²) >= 11 is 1.41. The first kappa shape index (κ1) is 15.7. The highest BCUT2D eigenvalue weighted by molar-refractivity contribution is 7.09. The second kappa shape index (κ2) is 7.33. The van der Waals surface area contributed by atoms with Crippen LogP contribution in [0.4, 0.5) is 5.13 Å². The molecule has 1 fully saturated rings. The van der Waals surface area contributed by atoms with Crippen LogP contribution in [0, 0.1) is 5.92 Å². The molecule has 114 valence electrons. The molecule has 0 saturated heterocycles. The van der Waals surface area contributed by atoms with Gasteiger partial charge >= 0.3 is 0 Å². The van der Waals surface area contributed by atoms with E-state index in [0.717, 1.165) is 36.3 Å². The van der Waals surface area contributed by atoms with Crippen LogP contribution in [0.5, 0.6) is 0 Å². The third-order valence-corrected chi connectivity index (χ3v) is 4.59. The number of nitrogens with one attached hydrogen (secondary N) is 1. The summed E-state index contributed by atoms with van der Waals surface area (Å²) in [7, 11) is 1.69. The van der Waals surface area contributed by atoms with E-state index in [1.54, 1.807) is 7.11 Å². The first-order chi connectivity index (χ1) is 9.70. The highest BCUT2D eigenvalue weighted by atomic mass is 32.1. The molecule has 5 nitrogen and oxygen atoms in total. The molecule has 1 heterocycles. The average Bonchev–Trinajstić information content (AvgIpc) is 2.92. The normalized spacial score (nSPS) is 26.6. The first-order valence-corrected chi connectivity index (χ1v) is 8.18. The maximum Gasteiger partial charge on any atom is 0.202 e. The molecule has 6 heteroatoms.